The first kappa shape index (κ1) is 16.2. The third-order valence-electron chi connectivity index (χ3n) is 3.32. The molecule has 1 heterocycles. The quantitative estimate of drug-likeness (QED) is 0.685. The number of esters is 1. The number of halogens is 1. The zero-order valence-corrected chi connectivity index (χ0v) is 12.5. The lowest BCUT2D eigenvalue weighted by Crippen LogP contribution is -2.36. The molecule has 7 heteroatoms. The fourth-order valence-electron chi connectivity index (χ4n) is 2.11. The van der Waals surface area contributed by atoms with Gasteiger partial charge in [-0.05, 0) is 18.2 Å². The summed E-state index contributed by atoms with van der Waals surface area (Å²) in [6, 6.07) is 2.75. The van der Waals surface area contributed by atoms with E-state index >= 15 is 0 Å². The van der Waals surface area contributed by atoms with Crippen LogP contribution < -0.4 is 0 Å². The average molecular weight is 315 g/mol. The largest absolute Gasteiger partial charge is 0.467 e. The van der Waals surface area contributed by atoms with Gasteiger partial charge in [-0.3, -0.25) is 4.79 Å². The van der Waals surface area contributed by atoms with E-state index in [-0.39, 0.29) is 11.1 Å². The van der Waals surface area contributed by atoms with Crippen LogP contribution >= 0.6 is 0 Å². The number of aromatic amines is 1. The molecule has 1 aromatic heterocycles. The molecule has 0 aliphatic carbocycles. The summed E-state index contributed by atoms with van der Waals surface area (Å²) in [5, 5.41) is 0. The number of hydrogen-bond donors (Lipinski definition) is 1. The van der Waals surface area contributed by atoms with Crippen LogP contribution in [0, 0.1) is 18.2 Å². The number of carbonyl (C=O) groups is 2. The van der Waals surface area contributed by atoms with E-state index in [0.29, 0.717) is 5.69 Å². The number of carbonyl (C=O) groups excluding carboxylic acids is 2. The van der Waals surface area contributed by atoms with Crippen LogP contribution in [0.4, 0.5) is 4.39 Å². The molecule has 0 bridgehead atoms. The van der Waals surface area contributed by atoms with Crippen molar-refractivity contribution in [3.63, 3.8) is 0 Å². The lowest BCUT2D eigenvalue weighted by atomic mass is 10.1. The molecule has 1 unspecified atom stereocenters. The van der Waals surface area contributed by atoms with E-state index in [0.717, 1.165) is 11.0 Å². The van der Waals surface area contributed by atoms with Gasteiger partial charge in [0.25, 0.3) is 5.91 Å². The maximum absolute atomic E-state index is 13.8. The van der Waals surface area contributed by atoms with Gasteiger partial charge in [-0.1, -0.05) is 5.92 Å². The maximum atomic E-state index is 13.8. The Morgan fingerprint density at radius 1 is 1.48 bits per heavy atom. The number of hydrogen-bond acceptors (Lipinski definition) is 4. The number of nitrogens with zero attached hydrogens (tertiary/aromatic N) is 2. The van der Waals surface area contributed by atoms with Crippen molar-refractivity contribution in [3.8, 4) is 12.3 Å². The van der Waals surface area contributed by atoms with E-state index in [1.807, 2.05) is 0 Å². The highest BCUT2D eigenvalue weighted by molar-refractivity contribution is 5.96. The molecule has 0 saturated heterocycles. The zero-order valence-electron chi connectivity index (χ0n) is 12.5. The van der Waals surface area contributed by atoms with Gasteiger partial charge in [0.15, 0.2) is 6.04 Å². The van der Waals surface area contributed by atoms with Gasteiger partial charge in [0, 0.05) is 12.6 Å². The molecule has 0 radical (unpaired) electrons. The molecule has 6 nitrogen and oxygen atoms in total. The predicted molar refractivity (Wildman–Crippen MR) is 79.8 cm³/mol. The number of imidazole rings is 1. The highest BCUT2D eigenvalue weighted by atomic mass is 19.1. The van der Waals surface area contributed by atoms with Crippen LogP contribution in [0.25, 0.3) is 0 Å². The minimum Gasteiger partial charge on any atom is -0.467 e. The van der Waals surface area contributed by atoms with Gasteiger partial charge >= 0.3 is 5.97 Å². The van der Waals surface area contributed by atoms with Gasteiger partial charge in [0.1, 0.15) is 5.82 Å². The molecule has 23 heavy (non-hydrogen) atoms. The number of terminal acetylenes is 1. The predicted octanol–water partition coefficient (Wildman–Crippen LogP) is 1.52. The van der Waals surface area contributed by atoms with Gasteiger partial charge in [-0.15, -0.1) is 6.42 Å². The second-order valence-electron chi connectivity index (χ2n) is 4.69. The Kier molecular flexibility index (Phi) is 4.76. The van der Waals surface area contributed by atoms with Crippen LogP contribution in [0.2, 0.25) is 0 Å². The number of amides is 1. The third kappa shape index (κ3) is 3.21. The molecule has 0 saturated carbocycles. The molecule has 0 fully saturated rings. The Labute approximate surface area is 132 Å². The molecule has 0 aliphatic heterocycles. The highest BCUT2D eigenvalue weighted by Gasteiger charge is 2.31. The molecule has 0 aliphatic rings. The number of benzene rings is 1. The van der Waals surface area contributed by atoms with Crippen LogP contribution in [0.15, 0.2) is 30.7 Å². The second-order valence-corrected chi connectivity index (χ2v) is 4.69. The first-order valence-electron chi connectivity index (χ1n) is 6.59. The van der Waals surface area contributed by atoms with Gasteiger partial charge in [-0.2, -0.15) is 0 Å². The summed E-state index contributed by atoms with van der Waals surface area (Å²) in [4.78, 5) is 32.2. The van der Waals surface area contributed by atoms with Crippen LogP contribution in [-0.4, -0.2) is 40.9 Å². The monoisotopic (exact) mass is 315 g/mol. The first-order valence-corrected chi connectivity index (χ1v) is 6.59. The topological polar surface area (TPSA) is 75.3 Å². The summed E-state index contributed by atoms with van der Waals surface area (Å²) in [6.07, 6.45) is 7.94. The van der Waals surface area contributed by atoms with Crippen molar-refractivity contribution in [2.45, 2.75) is 6.04 Å². The molecule has 2 aromatic rings. The summed E-state index contributed by atoms with van der Waals surface area (Å²) < 4.78 is 18.5. The lowest BCUT2D eigenvalue weighted by molar-refractivity contribution is -0.146. The van der Waals surface area contributed by atoms with Crippen LogP contribution in [0.1, 0.15) is 27.7 Å². The molecule has 1 amide bonds. The summed E-state index contributed by atoms with van der Waals surface area (Å²) in [5.41, 5.74) is 0.508. The minimum absolute atomic E-state index is 0.0577. The maximum Gasteiger partial charge on any atom is 0.334 e. The molecule has 118 valence electrons. The van der Waals surface area contributed by atoms with Crippen LogP contribution in [-0.2, 0) is 9.53 Å². The van der Waals surface area contributed by atoms with Crippen molar-refractivity contribution >= 4 is 11.9 Å². The summed E-state index contributed by atoms with van der Waals surface area (Å²) in [6.45, 7) is 0. The second kappa shape index (κ2) is 6.75. The van der Waals surface area contributed by atoms with Gasteiger partial charge in [-0.25, -0.2) is 14.2 Å². The van der Waals surface area contributed by atoms with E-state index in [1.54, 1.807) is 0 Å². The van der Waals surface area contributed by atoms with Gasteiger partial charge in [0.2, 0.25) is 0 Å². The number of likely N-dealkylation sites (N-methyl/N-ethyl adjacent to an activating group) is 1. The zero-order chi connectivity index (χ0) is 17.0. The summed E-state index contributed by atoms with van der Waals surface area (Å²) in [5.74, 6) is 0.293. The Morgan fingerprint density at radius 3 is 2.74 bits per heavy atom. The molecular formula is C16H14FN3O3. The van der Waals surface area contributed by atoms with Gasteiger partial charge < -0.3 is 14.6 Å². The van der Waals surface area contributed by atoms with Crippen molar-refractivity contribution in [1.29, 1.82) is 0 Å². The van der Waals surface area contributed by atoms with Crippen molar-refractivity contribution < 1.29 is 18.7 Å². The number of nitrogens with one attached hydrogen (secondary N) is 1. The van der Waals surface area contributed by atoms with E-state index in [4.69, 9.17) is 11.2 Å². The SMILES string of the molecule is C#Cc1ccc(C(=O)N(C)C(C(=O)OC)c2cnc[nH]2)cc1F. The van der Waals surface area contributed by atoms with Crippen molar-refractivity contribution in [1.82, 2.24) is 14.9 Å². The van der Waals surface area contributed by atoms with Crippen molar-refractivity contribution in [2.75, 3.05) is 14.2 Å². The standard InChI is InChI=1S/C16H14FN3O3/c1-4-10-5-6-11(7-12(10)17)15(21)20(2)14(16(22)23-3)13-8-18-9-19-13/h1,5-9,14H,2-3H3,(H,18,19). The molecular weight excluding hydrogens is 301 g/mol. The Hall–Kier alpha value is -3.14. The molecule has 2 rings (SSSR count). The van der Waals surface area contributed by atoms with E-state index in [1.165, 1.54) is 38.8 Å². The number of H-pyrrole nitrogens is 1. The highest BCUT2D eigenvalue weighted by Crippen LogP contribution is 2.21. The number of aromatic nitrogens is 2. The fraction of sp³-hybridized carbons (Fsp3) is 0.188. The Morgan fingerprint density at radius 2 is 2.22 bits per heavy atom. The molecule has 1 aromatic carbocycles. The Balaban J connectivity index is 2.35. The molecule has 1 N–H and O–H groups in total. The van der Waals surface area contributed by atoms with Crippen LogP contribution in [0.5, 0.6) is 0 Å². The molecule has 1 atom stereocenters. The summed E-state index contributed by atoms with van der Waals surface area (Å²) in [7, 11) is 2.63. The van der Waals surface area contributed by atoms with E-state index < -0.39 is 23.7 Å². The van der Waals surface area contributed by atoms with Crippen LogP contribution in [0.3, 0.4) is 0 Å². The number of methoxy groups -OCH3 is 1. The third-order valence-corrected chi connectivity index (χ3v) is 3.32. The smallest absolute Gasteiger partial charge is 0.334 e. The fourth-order valence-corrected chi connectivity index (χ4v) is 2.11. The molecule has 0 spiro atoms. The van der Waals surface area contributed by atoms with E-state index in [2.05, 4.69) is 15.9 Å². The normalized spacial score (nSPS) is 11.4. The van der Waals surface area contributed by atoms with Crippen molar-refractivity contribution in [2.24, 2.45) is 0 Å². The van der Waals surface area contributed by atoms with E-state index in [9.17, 15) is 14.0 Å². The first-order chi connectivity index (χ1) is 11.0. The van der Waals surface area contributed by atoms with Gasteiger partial charge in [0.05, 0.1) is 30.9 Å². The minimum atomic E-state index is -1.02. The average Bonchev–Trinajstić information content (AvgIpc) is 3.07. The lowest BCUT2D eigenvalue weighted by Gasteiger charge is -2.25. The number of ether oxygens (including phenoxy) is 1. The number of rotatable bonds is 4. The van der Waals surface area contributed by atoms with Crippen molar-refractivity contribution in [3.05, 3.63) is 53.4 Å². The Bertz CT molecular complexity index is 765. The summed E-state index contributed by atoms with van der Waals surface area (Å²) >= 11 is 0.